The lowest BCUT2D eigenvalue weighted by molar-refractivity contribution is -0.119. The van der Waals surface area contributed by atoms with E-state index in [0.29, 0.717) is 5.65 Å². The van der Waals surface area contributed by atoms with Crippen LogP contribution in [-0.2, 0) is 11.2 Å². The summed E-state index contributed by atoms with van der Waals surface area (Å²) in [6.07, 6.45) is 3.86. The number of hydrogen-bond acceptors (Lipinski definition) is 3. The van der Waals surface area contributed by atoms with Crippen LogP contribution >= 0.6 is 0 Å². The summed E-state index contributed by atoms with van der Waals surface area (Å²) < 4.78 is 0. The molecule has 1 aromatic carbocycles. The monoisotopic (exact) mass is 364 g/mol. The predicted molar refractivity (Wildman–Crippen MR) is 105 cm³/mol. The highest BCUT2D eigenvalue weighted by atomic mass is 16.2. The van der Waals surface area contributed by atoms with E-state index in [1.54, 1.807) is 12.3 Å². The van der Waals surface area contributed by atoms with Crippen LogP contribution in [-0.4, -0.2) is 33.2 Å². The number of carbonyl (C=O) groups is 2. The molecule has 6 heteroatoms. The zero-order valence-electron chi connectivity index (χ0n) is 15.6. The van der Waals surface area contributed by atoms with Gasteiger partial charge in [-0.05, 0) is 42.7 Å². The zero-order chi connectivity index (χ0) is 19.4. The van der Waals surface area contributed by atoms with Gasteiger partial charge in [-0.1, -0.05) is 37.6 Å². The SMILES string of the molecule is CCCc1ccc([C@@H](C)N(CC(N)=O)C(=O)c2ccc3cc[nH]c3n2)cc1. The van der Waals surface area contributed by atoms with Gasteiger partial charge in [0.25, 0.3) is 5.91 Å². The predicted octanol–water partition coefficient (Wildman–Crippen LogP) is 3.20. The van der Waals surface area contributed by atoms with Gasteiger partial charge in [0, 0.05) is 11.6 Å². The third-order valence-corrected chi connectivity index (χ3v) is 4.68. The number of benzene rings is 1. The quantitative estimate of drug-likeness (QED) is 0.674. The second-order valence-electron chi connectivity index (χ2n) is 6.68. The van der Waals surface area contributed by atoms with E-state index in [9.17, 15) is 9.59 Å². The van der Waals surface area contributed by atoms with E-state index in [1.165, 1.54) is 10.5 Å². The second kappa shape index (κ2) is 8.03. The minimum atomic E-state index is -0.557. The van der Waals surface area contributed by atoms with Gasteiger partial charge < -0.3 is 15.6 Å². The maximum absolute atomic E-state index is 13.1. The van der Waals surface area contributed by atoms with E-state index in [2.05, 4.69) is 29.0 Å². The summed E-state index contributed by atoms with van der Waals surface area (Å²) in [6, 6.07) is 13.2. The molecule has 140 valence electrons. The molecule has 0 spiro atoms. The Kier molecular flexibility index (Phi) is 5.54. The molecule has 0 radical (unpaired) electrons. The first-order chi connectivity index (χ1) is 13.0. The van der Waals surface area contributed by atoms with E-state index >= 15 is 0 Å². The summed E-state index contributed by atoms with van der Waals surface area (Å²) in [5.41, 5.74) is 8.52. The average Bonchev–Trinajstić information content (AvgIpc) is 3.13. The maximum Gasteiger partial charge on any atom is 0.273 e. The number of H-pyrrole nitrogens is 1. The van der Waals surface area contributed by atoms with E-state index in [0.717, 1.165) is 23.8 Å². The number of pyridine rings is 1. The average molecular weight is 364 g/mol. The second-order valence-corrected chi connectivity index (χ2v) is 6.68. The Balaban J connectivity index is 1.89. The summed E-state index contributed by atoms with van der Waals surface area (Å²) in [6.45, 7) is 3.86. The van der Waals surface area contributed by atoms with Crippen molar-refractivity contribution in [2.75, 3.05) is 6.54 Å². The number of nitrogens with one attached hydrogen (secondary N) is 1. The molecular formula is C21H24N4O2. The number of rotatable bonds is 7. The molecular weight excluding hydrogens is 340 g/mol. The Morgan fingerprint density at radius 2 is 1.89 bits per heavy atom. The van der Waals surface area contributed by atoms with Gasteiger partial charge in [0.2, 0.25) is 5.91 Å². The summed E-state index contributed by atoms with van der Waals surface area (Å²) >= 11 is 0. The topological polar surface area (TPSA) is 92.1 Å². The number of primary amides is 1. The van der Waals surface area contributed by atoms with Crippen molar-refractivity contribution >= 4 is 22.8 Å². The number of fused-ring (bicyclic) bond motifs is 1. The largest absolute Gasteiger partial charge is 0.368 e. The smallest absolute Gasteiger partial charge is 0.273 e. The molecule has 0 unspecified atom stereocenters. The fourth-order valence-corrected chi connectivity index (χ4v) is 3.18. The van der Waals surface area contributed by atoms with Crippen LogP contribution in [0.2, 0.25) is 0 Å². The molecule has 0 saturated heterocycles. The number of nitrogens with zero attached hydrogens (tertiary/aromatic N) is 2. The van der Waals surface area contributed by atoms with Crippen LogP contribution in [0, 0.1) is 0 Å². The minimum absolute atomic E-state index is 0.166. The fraction of sp³-hybridized carbons (Fsp3) is 0.286. The Bertz CT molecular complexity index is 946. The summed E-state index contributed by atoms with van der Waals surface area (Å²) in [5.74, 6) is -0.880. The molecule has 2 amide bonds. The van der Waals surface area contributed by atoms with Crippen LogP contribution < -0.4 is 5.73 Å². The molecule has 0 aliphatic rings. The molecule has 3 aromatic rings. The van der Waals surface area contributed by atoms with Gasteiger partial charge in [-0.3, -0.25) is 9.59 Å². The van der Waals surface area contributed by atoms with Gasteiger partial charge in [0.05, 0.1) is 6.04 Å². The summed E-state index contributed by atoms with van der Waals surface area (Å²) in [7, 11) is 0. The molecule has 0 aliphatic heterocycles. The Morgan fingerprint density at radius 1 is 1.15 bits per heavy atom. The third kappa shape index (κ3) is 4.16. The lowest BCUT2D eigenvalue weighted by atomic mass is 10.0. The zero-order valence-corrected chi connectivity index (χ0v) is 15.6. The molecule has 1 atom stereocenters. The van der Waals surface area contributed by atoms with Crippen molar-refractivity contribution in [1.82, 2.24) is 14.9 Å². The number of aryl methyl sites for hydroxylation is 1. The number of aromatic nitrogens is 2. The molecule has 0 saturated carbocycles. The van der Waals surface area contributed by atoms with Crippen LogP contribution in [0.3, 0.4) is 0 Å². The molecule has 3 rings (SSSR count). The fourth-order valence-electron chi connectivity index (χ4n) is 3.18. The molecule has 3 N–H and O–H groups in total. The Labute approximate surface area is 158 Å². The van der Waals surface area contributed by atoms with Gasteiger partial charge in [0.15, 0.2) is 0 Å². The molecule has 0 fully saturated rings. The van der Waals surface area contributed by atoms with Gasteiger partial charge in [-0.2, -0.15) is 0 Å². The van der Waals surface area contributed by atoms with Crippen LogP contribution in [0.1, 0.15) is 47.9 Å². The lowest BCUT2D eigenvalue weighted by Gasteiger charge is -2.28. The van der Waals surface area contributed by atoms with Crippen LogP contribution in [0.25, 0.3) is 11.0 Å². The van der Waals surface area contributed by atoms with Crippen LogP contribution in [0.4, 0.5) is 0 Å². The summed E-state index contributed by atoms with van der Waals surface area (Å²) in [5, 5.41) is 0.924. The number of carbonyl (C=O) groups excluding carboxylic acids is 2. The van der Waals surface area contributed by atoms with Crippen molar-refractivity contribution in [3.63, 3.8) is 0 Å². The standard InChI is InChI=1S/C21H24N4O2/c1-3-4-15-5-7-16(8-6-15)14(2)25(13-19(22)26)21(27)18-10-9-17-11-12-23-20(17)24-18/h5-12,14H,3-4,13H2,1-2H3,(H2,22,26)(H,23,24)/t14-/m1/s1. The molecule has 6 nitrogen and oxygen atoms in total. The van der Waals surface area contributed by atoms with Gasteiger partial charge in [-0.15, -0.1) is 0 Å². The van der Waals surface area contributed by atoms with E-state index in [1.807, 2.05) is 31.2 Å². The number of aromatic amines is 1. The highest BCUT2D eigenvalue weighted by Crippen LogP contribution is 2.23. The first-order valence-electron chi connectivity index (χ1n) is 9.12. The molecule has 2 heterocycles. The van der Waals surface area contributed by atoms with Crippen molar-refractivity contribution in [2.45, 2.75) is 32.7 Å². The number of amides is 2. The van der Waals surface area contributed by atoms with Gasteiger partial charge in [-0.25, -0.2) is 4.98 Å². The van der Waals surface area contributed by atoms with E-state index in [-0.39, 0.29) is 24.2 Å². The highest BCUT2D eigenvalue weighted by molar-refractivity contribution is 5.96. The first-order valence-corrected chi connectivity index (χ1v) is 9.12. The lowest BCUT2D eigenvalue weighted by Crippen LogP contribution is -2.40. The molecule has 0 aliphatic carbocycles. The first kappa shape index (κ1) is 18.6. The molecule has 0 bridgehead atoms. The van der Waals surface area contributed by atoms with E-state index < -0.39 is 5.91 Å². The maximum atomic E-state index is 13.1. The van der Waals surface area contributed by atoms with Gasteiger partial charge >= 0.3 is 0 Å². The summed E-state index contributed by atoms with van der Waals surface area (Å²) in [4.78, 5) is 33.5. The number of hydrogen-bond donors (Lipinski definition) is 2. The van der Waals surface area contributed by atoms with E-state index in [4.69, 9.17) is 5.73 Å². The number of nitrogens with two attached hydrogens (primary N) is 1. The normalized spacial score (nSPS) is 12.1. The molecule has 2 aromatic heterocycles. The van der Waals surface area contributed by atoms with Crippen molar-refractivity contribution < 1.29 is 9.59 Å². The van der Waals surface area contributed by atoms with Crippen molar-refractivity contribution in [3.05, 3.63) is 65.5 Å². The van der Waals surface area contributed by atoms with Crippen LogP contribution in [0.15, 0.2) is 48.7 Å². The van der Waals surface area contributed by atoms with Crippen molar-refractivity contribution in [2.24, 2.45) is 5.73 Å². The minimum Gasteiger partial charge on any atom is -0.368 e. The van der Waals surface area contributed by atoms with Crippen LogP contribution in [0.5, 0.6) is 0 Å². The third-order valence-electron chi connectivity index (χ3n) is 4.68. The van der Waals surface area contributed by atoms with Gasteiger partial charge in [0.1, 0.15) is 17.9 Å². The van der Waals surface area contributed by atoms with Crippen molar-refractivity contribution in [1.29, 1.82) is 0 Å². The van der Waals surface area contributed by atoms with Crippen molar-refractivity contribution in [3.8, 4) is 0 Å². The Morgan fingerprint density at radius 3 is 2.56 bits per heavy atom. The highest BCUT2D eigenvalue weighted by Gasteiger charge is 2.25. The Hall–Kier alpha value is -3.15. The molecule has 27 heavy (non-hydrogen) atoms.